The fourth-order valence-corrected chi connectivity index (χ4v) is 3.42. The van der Waals surface area contributed by atoms with Crippen LogP contribution in [0.25, 0.3) is 0 Å². The number of hydrogen-bond acceptors (Lipinski definition) is 4. The Morgan fingerprint density at radius 1 is 0.667 bits per heavy atom. The van der Waals surface area contributed by atoms with Gasteiger partial charge in [0.25, 0.3) is 11.4 Å². The van der Waals surface area contributed by atoms with E-state index >= 15 is 0 Å². The molecule has 2 aromatic carbocycles. The molecule has 0 radical (unpaired) electrons. The molecule has 0 aliphatic heterocycles. The van der Waals surface area contributed by atoms with Crippen LogP contribution in [0.4, 0.5) is 11.4 Å². The van der Waals surface area contributed by atoms with E-state index in [0.717, 1.165) is 22.3 Å². The van der Waals surface area contributed by atoms with Crippen molar-refractivity contribution in [1.29, 1.82) is 0 Å². The zero-order chi connectivity index (χ0) is 17.4. The van der Waals surface area contributed by atoms with E-state index in [2.05, 4.69) is 0 Å². The van der Waals surface area contributed by atoms with Crippen molar-refractivity contribution in [1.82, 2.24) is 0 Å². The van der Waals surface area contributed by atoms with Gasteiger partial charge < -0.3 is 0 Å². The third-order valence-electron chi connectivity index (χ3n) is 4.80. The van der Waals surface area contributed by atoms with Gasteiger partial charge in [0.05, 0.1) is 9.85 Å². The summed E-state index contributed by atoms with van der Waals surface area (Å²) in [5, 5.41) is 22.8. The van der Waals surface area contributed by atoms with Crippen LogP contribution in [-0.4, -0.2) is 9.85 Å². The summed E-state index contributed by atoms with van der Waals surface area (Å²) in [6.45, 7) is 3.88. The first kappa shape index (κ1) is 16.1. The van der Waals surface area contributed by atoms with Crippen LogP contribution in [0.5, 0.6) is 0 Å². The summed E-state index contributed by atoms with van der Waals surface area (Å²) in [6.07, 6.45) is 2.09. The number of nitro groups is 2. The van der Waals surface area contributed by atoms with Crippen LogP contribution < -0.4 is 0 Å². The smallest absolute Gasteiger partial charge is 0.258 e. The summed E-state index contributed by atoms with van der Waals surface area (Å²) >= 11 is 0. The summed E-state index contributed by atoms with van der Waals surface area (Å²) < 4.78 is 0. The molecule has 4 aliphatic rings. The average Bonchev–Trinajstić information content (AvgIpc) is 2.50. The summed E-state index contributed by atoms with van der Waals surface area (Å²) in [6, 6.07) is 7.06. The molecule has 0 N–H and O–H groups in total. The van der Waals surface area contributed by atoms with Crippen LogP contribution in [0.15, 0.2) is 24.3 Å². The van der Waals surface area contributed by atoms with E-state index in [9.17, 15) is 20.2 Å². The molecule has 2 aromatic rings. The van der Waals surface area contributed by atoms with Crippen LogP contribution >= 0.6 is 0 Å². The summed E-state index contributed by atoms with van der Waals surface area (Å²) in [5.74, 6) is 0. The van der Waals surface area contributed by atoms with Gasteiger partial charge in [-0.05, 0) is 73.9 Å². The van der Waals surface area contributed by atoms with Crippen molar-refractivity contribution in [2.45, 2.75) is 39.5 Å². The second-order valence-electron chi connectivity index (χ2n) is 6.33. The van der Waals surface area contributed by atoms with Crippen molar-refractivity contribution in [2.24, 2.45) is 0 Å². The van der Waals surface area contributed by atoms with Crippen molar-refractivity contribution in [3.63, 3.8) is 0 Å². The van der Waals surface area contributed by atoms with Gasteiger partial charge in [-0.2, -0.15) is 0 Å². The Balaban J connectivity index is 2.16. The lowest BCUT2D eigenvalue weighted by molar-refractivity contribution is -0.385. The van der Waals surface area contributed by atoms with Crippen LogP contribution in [0.2, 0.25) is 0 Å². The zero-order valence-electron chi connectivity index (χ0n) is 13.7. The molecular formula is C18H18N2O4. The van der Waals surface area contributed by atoms with Crippen molar-refractivity contribution >= 4 is 11.4 Å². The quantitative estimate of drug-likeness (QED) is 0.616. The molecule has 0 aromatic heterocycles. The molecular weight excluding hydrogens is 308 g/mol. The molecule has 4 bridgehead atoms. The Kier molecular flexibility index (Phi) is 4.05. The highest BCUT2D eigenvalue weighted by atomic mass is 16.6. The Morgan fingerprint density at radius 3 is 1.33 bits per heavy atom. The highest BCUT2D eigenvalue weighted by Gasteiger charge is 2.22. The Bertz CT molecular complexity index is 787. The molecule has 124 valence electrons. The Hall–Kier alpha value is -2.76. The number of benzene rings is 2. The van der Waals surface area contributed by atoms with Gasteiger partial charge in [-0.25, -0.2) is 0 Å². The lowest BCUT2D eigenvalue weighted by Crippen LogP contribution is -2.07. The summed E-state index contributed by atoms with van der Waals surface area (Å²) in [7, 11) is 0. The molecule has 0 spiro atoms. The van der Waals surface area contributed by atoms with Crippen molar-refractivity contribution in [3.8, 4) is 0 Å². The fourth-order valence-electron chi connectivity index (χ4n) is 3.42. The van der Waals surface area contributed by atoms with Gasteiger partial charge in [0.1, 0.15) is 0 Å². The number of nitro benzene ring substituents is 2. The van der Waals surface area contributed by atoms with Gasteiger partial charge in [0.2, 0.25) is 0 Å². The zero-order valence-corrected chi connectivity index (χ0v) is 13.7. The molecule has 0 unspecified atom stereocenters. The fraction of sp³-hybridized carbons (Fsp3) is 0.333. The van der Waals surface area contributed by atoms with E-state index in [1.54, 1.807) is 12.1 Å². The van der Waals surface area contributed by atoms with Crippen molar-refractivity contribution < 1.29 is 9.85 Å². The minimum atomic E-state index is -0.332. The van der Waals surface area contributed by atoms with Crippen LogP contribution in [-0.2, 0) is 25.7 Å². The maximum atomic E-state index is 11.4. The van der Waals surface area contributed by atoms with E-state index in [-0.39, 0.29) is 21.2 Å². The standard InChI is InChI=1S/C18H18N2O4/c1-11-7-15-6-4-14-10-18(20(23)24)16(8-12(14)2)5-3-13(11)9-17(15)19(21)22/h7-10H,3-6H2,1-2H3. The molecule has 6 heteroatoms. The van der Waals surface area contributed by atoms with Gasteiger partial charge in [-0.1, -0.05) is 0 Å². The second-order valence-corrected chi connectivity index (χ2v) is 6.33. The molecule has 0 atom stereocenters. The minimum absolute atomic E-state index is 0.151. The van der Waals surface area contributed by atoms with Gasteiger partial charge in [0.15, 0.2) is 0 Å². The number of aryl methyl sites for hydroxylation is 6. The third-order valence-corrected chi connectivity index (χ3v) is 4.80. The van der Waals surface area contributed by atoms with E-state index in [0.29, 0.717) is 36.8 Å². The predicted octanol–water partition coefficient (Wildman–Crippen LogP) is 4.00. The first-order valence-electron chi connectivity index (χ1n) is 7.90. The average molecular weight is 326 g/mol. The SMILES string of the molecule is Cc1cc2c([N+](=O)[O-])cc1CCc1cc(C)c(cc1[N+](=O)[O-])CC2. The monoisotopic (exact) mass is 326 g/mol. The van der Waals surface area contributed by atoms with E-state index < -0.39 is 0 Å². The molecule has 6 rings (SSSR count). The molecule has 0 saturated heterocycles. The maximum Gasteiger partial charge on any atom is 0.272 e. The van der Waals surface area contributed by atoms with Crippen molar-refractivity contribution in [2.75, 3.05) is 0 Å². The van der Waals surface area contributed by atoms with E-state index in [1.165, 1.54) is 0 Å². The largest absolute Gasteiger partial charge is 0.272 e. The maximum absolute atomic E-state index is 11.4. The van der Waals surface area contributed by atoms with Gasteiger partial charge in [0, 0.05) is 23.3 Å². The highest BCUT2D eigenvalue weighted by Crippen LogP contribution is 2.31. The van der Waals surface area contributed by atoms with Gasteiger partial charge in [-0.3, -0.25) is 20.2 Å². The topological polar surface area (TPSA) is 86.3 Å². The molecule has 0 heterocycles. The Labute approximate surface area is 139 Å². The molecule has 6 nitrogen and oxygen atoms in total. The van der Waals surface area contributed by atoms with Crippen LogP contribution in [0.1, 0.15) is 33.4 Å². The number of rotatable bonds is 2. The highest BCUT2D eigenvalue weighted by molar-refractivity contribution is 5.51. The summed E-state index contributed by atoms with van der Waals surface area (Å²) in [5.41, 5.74) is 5.44. The summed E-state index contributed by atoms with van der Waals surface area (Å²) in [4.78, 5) is 22.1. The Morgan fingerprint density at radius 2 is 1.00 bits per heavy atom. The third kappa shape index (κ3) is 2.87. The predicted molar refractivity (Wildman–Crippen MR) is 90.5 cm³/mol. The lowest BCUT2D eigenvalue weighted by Gasteiger charge is -2.15. The van der Waals surface area contributed by atoms with Crippen molar-refractivity contribution in [3.05, 3.63) is 77.9 Å². The van der Waals surface area contributed by atoms with Crippen LogP contribution in [0, 0.1) is 34.1 Å². The van der Waals surface area contributed by atoms with Gasteiger partial charge >= 0.3 is 0 Å². The molecule has 4 aliphatic carbocycles. The van der Waals surface area contributed by atoms with E-state index in [1.807, 2.05) is 26.0 Å². The first-order valence-corrected chi connectivity index (χ1v) is 7.90. The lowest BCUT2D eigenvalue weighted by atomic mass is 9.90. The van der Waals surface area contributed by atoms with Gasteiger partial charge in [-0.15, -0.1) is 0 Å². The molecule has 0 saturated carbocycles. The normalized spacial score (nSPS) is 13.4. The number of hydrogen-bond donors (Lipinski definition) is 0. The first-order chi connectivity index (χ1) is 11.4. The second kappa shape index (κ2) is 6.03. The van der Waals surface area contributed by atoms with Crippen LogP contribution in [0.3, 0.4) is 0 Å². The van der Waals surface area contributed by atoms with E-state index in [4.69, 9.17) is 0 Å². The number of nitrogens with zero attached hydrogens (tertiary/aromatic N) is 2. The molecule has 0 fully saturated rings. The minimum Gasteiger partial charge on any atom is -0.258 e. The molecule has 24 heavy (non-hydrogen) atoms. The molecule has 0 amide bonds.